The summed E-state index contributed by atoms with van der Waals surface area (Å²) in [7, 11) is 0. The van der Waals surface area contributed by atoms with E-state index >= 15 is 0 Å². The minimum atomic E-state index is -0.800. The highest BCUT2D eigenvalue weighted by molar-refractivity contribution is 5.71. The molecule has 0 radical (unpaired) electrons. The molecule has 382 valence electrons. The number of allylic oxidation sites excluding steroid dienone is 10. The second-order valence-electron chi connectivity index (χ2n) is 18.8. The summed E-state index contributed by atoms with van der Waals surface area (Å²) in [6.45, 7) is 6.51. The molecule has 0 spiro atoms. The maximum absolute atomic E-state index is 12.8. The van der Waals surface area contributed by atoms with Gasteiger partial charge in [-0.25, -0.2) is 0 Å². The number of esters is 3. The van der Waals surface area contributed by atoms with Crippen molar-refractivity contribution in [2.24, 2.45) is 0 Å². The van der Waals surface area contributed by atoms with Crippen LogP contribution in [0.5, 0.6) is 0 Å². The molecular formula is C60H106O6. The Hall–Kier alpha value is -2.89. The van der Waals surface area contributed by atoms with Gasteiger partial charge >= 0.3 is 17.9 Å². The molecule has 0 amide bonds. The average molecular weight is 924 g/mol. The average Bonchev–Trinajstić information content (AvgIpc) is 3.31. The zero-order chi connectivity index (χ0) is 47.9. The number of carbonyl (C=O) groups is 3. The van der Waals surface area contributed by atoms with Crippen LogP contribution in [0.25, 0.3) is 0 Å². The van der Waals surface area contributed by atoms with E-state index in [4.69, 9.17) is 14.2 Å². The van der Waals surface area contributed by atoms with E-state index in [1.54, 1.807) is 0 Å². The van der Waals surface area contributed by atoms with Gasteiger partial charge in [0.2, 0.25) is 0 Å². The van der Waals surface area contributed by atoms with E-state index < -0.39 is 6.10 Å². The summed E-state index contributed by atoms with van der Waals surface area (Å²) < 4.78 is 16.8. The molecule has 0 aromatic rings. The van der Waals surface area contributed by atoms with E-state index in [-0.39, 0.29) is 37.5 Å². The monoisotopic (exact) mass is 923 g/mol. The second kappa shape index (κ2) is 54.7. The van der Waals surface area contributed by atoms with Gasteiger partial charge in [-0.05, 0) is 57.8 Å². The fraction of sp³-hybridized carbons (Fsp3) is 0.783. The Labute approximate surface area is 409 Å². The van der Waals surface area contributed by atoms with Crippen LogP contribution in [0.3, 0.4) is 0 Å². The predicted molar refractivity (Wildman–Crippen MR) is 284 cm³/mol. The highest BCUT2D eigenvalue weighted by atomic mass is 16.6. The maximum atomic E-state index is 12.8. The van der Waals surface area contributed by atoms with Crippen LogP contribution in [0.2, 0.25) is 0 Å². The maximum Gasteiger partial charge on any atom is 0.306 e. The van der Waals surface area contributed by atoms with Gasteiger partial charge in [-0.2, -0.15) is 0 Å². The number of carbonyl (C=O) groups excluding carboxylic acids is 3. The molecule has 0 bridgehead atoms. The zero-order valence-electron chi connectivity index (χ0n) is 43.7. The number of hydrogen-bond acceptors (Lipinski definition) is 6. The number of rotatable bonds is 51. The van der Waals surface area contributed by atoms with Crippen molar-refractivity contribution in [3.63, 3.8) is 0 Å². The standard InChI is InChI=1S/C60H106O6/c1-4-7-10-13-16-19-22-25-27-29-30-32-33-35-38-41-44-47-50-53-59(62)65-56-57(55-64-58(61)52-49-46-43-40-37-24-21-18-15-12-9-6-3)66-60(63)54-51-48-45-42-39-36-34-31-28-26-23-20-17-14-11-8-5-2/h8,11,17,20,26,28,34,36,42,45,57H,4-7,9-10,12-16,18-19,21-25,27,29-33,35,37-41,43-44,46-56H2,1-3H3/b11-8-,20-17-,28-26-,36-34-,45-42-. The van der Waals surface area contributed by atoms with Crippen LogP contribution in [0.1, 0.15) is 284 Å². The van der Waals surface area contributed by atoms with Gasteiger partial charge in [0.15, 0.2) is 6.10 Å². The third-order valence-corrected chi connectivity index (χ3v) is 12.3. The van der Waals surface area contributed by atoms with Crippen LogP contribution >= 0.6 is 0 Å². The Morgan fingerprint density at radius 2 is 0.591 bits per heavy atom. The van der Waals surface area contributed by atoms with Crippen LogP contribution in [0.4, 0.5) is 0 Å². The van der Waals surface area contributed by atoms with Crippen molar-refractivity contribution in [2.75, 3.05) is 13.2 Å². The fourth-order valence-electron chi connectivity index (χ4n) is 8.07. The van der Waals surface area contributed by atoms with Gasteiger partial charge in [0.05, 0.1) is 0 Å². The molecule has 0 aromatic carbocycles. The van der Waals surface area contributed by atoms with Crippen LogP contribution < -0.4 is 0 Å². The van der Waals surface area contributed by atoms with Gasteiger partial charge in [-0.15, -0.1) is 0 Å². The lowest BCUT2D eigenvalue weighted by molar-refractivity contribution is -0.167. The van der Waals surface area contributed by atoms with Gasteiger partial charge < -0.3 is 14.2 Å². The first-order valence-electron chi connectivity index (χ1n) is 28.3. The molecule has 0 saturated carbocycles. The number of hydrogen-bond donors (Lipinski definition) is 0. The number of unbranched alkanes of at least 4 members (excludes halogenated alkanes) is 30. The molecule has 1 unspecified atom stereocenters. The zero-order valence-corrected chi connectivity index (χ0v) is 43.7. The van der Waals surface area contributed by atoms with Crippen LogP contribution in [0.15, 0.2) is 60.8 Å². The molecule has 0 saturated heterocycles. The third kappa shape index (κ3) is 52.1. The van der Waals surface area contributed by atoms with E-state index in [1.165, 1.54) is 161 Å². The largest absolute Gasteiger partial charge is 0.462 e. The first-order valence-corrected chi connectivity index (χ1v) is 28.3. The first kappa shape index (κ1) is 63.1. The first-order chi connectivity index (χ1) is 32.5. The molecule has 0 aliphatic heterocycles. The fourth-order valence-corrected chi connectivity index (χ4v) is 8.07. The highest BCUT2D eigenvalue weighted by Crippen LogP contribution is 2.16. The van der Waals surface area contributed by atoms with Gasteiger partial charge in [-0.3, -0.25) is 14.4 Å². The van der Waals surface area contributed by atoms with Crippen molar-refractivity contribution in [3.05, 3.63) is 60.8 Å². The summed E-state index contributed by atoms with van der Waals surface area (Å²) in [6, 6.07) is 0. The Morgan fingerprint density at radius 1 is 0.318 bits per heavy atom. The summed E-state index contributed by atoms with van der Waals surface area (Å²) in [5, 5.41) is 0. The van der Waals surface area contributed by atoms with Crippen molar-refractivity contribution < 1.29 is 28.6 Å². The smallest absolute Gasteiger partial charge is 0.306 e. The third-order valence-electron chi connectivity index (χ3n) is 12.3. The van der Waals surface area contributed by atoms with Crippen LogP contribution in [-0.2, 0) is 28.6 Å². The summed E-state index contributed by atoms with van der Waals surface area (Å²) in [4.78, 5) is 38.1. The van der Waals surface area contributed by atoms with E-state index in [0.29, 0.717) is 19.3 Å². The van der Waals surface area contributed by atoms with E-state index in [0.717, 1.165) is 77.0 Å². The van der Waals surface area contributed by atoms with Gasteiger partial charge in [0, 0.05) is 19.3 Å². The van der Waals surface area contributed by atoms with Crippen molar-refractivity contribution in [1.82, 2.24) is 0 Å². The topological polar surface area (TPSA) is 78.9 Å². The molecule has 0 aromatic heterocycles. The molecule has 0 heterocycles. The molecule has 0 aliphatic carbocycles. The summed E-state index contributed by atoms with van der Waals surface area (Å²) in [6.07, 6.45) is 67.9. The Bertz CT molecular complexity index is 1200. The second-order valence-corrected chi connectivity index (χ2v) is 18.8. The molecule has 0 fully saturated rings. The van der Waals surface area contributed by atoms with E-state index in [1.807, 2.05) is 0 Å². The molecule has 0 rings (SSSR count). The lowest BCUT2D eigenvalue weighted by Gasteiger charge is -2.18. The predicted octanol–water partition coefficient (Wildman–Crippen LogP) is 18.8. The quantitative estimate of drug-likeness (QED) is 0.0262. The number of ether oxygens (including phenoxy) is 3. The van der Waals surface area contributed by atoms with Crippen molar-refractivity contribution in [2.45, 2.75) is 290 Å². The van der Waals surface area contributed by atoms with Gasteiger partial charge in [0.25, 0.3) is 0 Å². The summed E-state index contributed by atoms with van der Waals surface area (Å²) >= 11 is 0. The lowest BCUT2D eigenvalue weighted by Crippen LogP contribution is -2.30. The van der Waals surface area contributed by atoms with Crippen molar-refractivity contribution in [1.29, 1.82) is 0 Å². The molecule has 66 heavy (non-hydrogen) atoms. The van der Waals surface area contributed by atoms with Crippen molar-refractivity contribution >= 4 is 17.9 Å². The highest BCUT2D eigenvalue weighted by Gasteiger charge is 2.19. The minimum absolute atomic E-state index is 0.0929. The minimum Gasteiger partial charge on any atom is -0.462 e. The summed E-state index contributed by atoms with van der Waals surface area (Å²) in [5.41, 5.74) is 0. The molecule has 0 aliphatic rings. The molecule has 1 atom stereocenters. The normalized spacial score (nSPS) is 12.5. The molecule has 6 heteroatoms. The van der Waals surface area contributed by atoms with Crippen molar-refractivity contribution in [3.8, 4) is 0 Å². The van der Waals surface area contributed by atoms with E-state index in [9.17, 15) is 14.4 Å². The molecule has 0 N–H and O–H groups in total. The molecule has 6 nitrogen and oxygen atoms in total. The van der Waals surface area contributed by atoms with Crippen LogP contribution in [0, 0.1) is 0 Å². The summed E-state index contributed by atoms with van der Waals surface area (Å²) in [5.74, 6) is -0.939. The Morgan fingerprint density at radius 3 is 0.909 bits per heavy atom. The van der Waals surface area contributed by atoms with Gasteiger partial charge in [-0.1, -0.05) is 268 Å². The SMILES string of the molecule is CC/C=C\C/C=C\C/C=C\C/C=C\C/C=C\CCCC(=O)OC(COC(=O)CCCCCCCCCCCCCC)COC(=O)CCCCCCCCCCCCCCCCCCCCC. The Balaban J connectivity index is 4.39. The lowest BCUT2D eigenvalue weighted by atomic mass is 10.0. The molecular weight excluding hydrogens is 817 g/mol. The Kier molecular flexibility index (Phi) is 52.3. The van der Waals surface area contributed by atoms with Gasteiger partial charge in [0.1, 0.15) is 13.2 Å². The van der Waals surface area contributed by atoms with Crippen LogP contribution in [-0.4, -0.2) is 37.2 Å². The van der Waals surface area contributed by atoms with E-state index in [2.05, 4.69) is 81.5 Å².